The van der Waals surface area contributed by atoms with Crippen molar-refractivity contribution in [2.24, 2.45) is 0 Å². The van der Waals surface area contributed by atoms with E-state index in [0.717, 1.165) is 58.0 Å². The highest BCUT2D eigenvalue weighted by Gasteiger charge is 2.20. The molecule has 3 aromatic carbocycles. The van der Waals surface area contributed by atoms with Crippen molar-refractivity contribution >= 4 is 10.0 Å². The van der Waals surface area contributed by atoms with Gasteiger partial charge in [-0.15, -0.1) is 0 Å². The van der Waals surface area contributed by atoms with Crippen molar-refractivity contribution in [2.45, 2.75) is 46.3 Å². The number of benzene rings is 3. The van der Waals surface area contributed by atoms with Crippen LogP contribution in [-0.2, 0) is 36.0 Å². The normalized spacial score (nSPS) is 11.3. The Morgan fingerprint density at radius 1 is 0.842 bits per heavy atom. The Morgan fingerprint density at radius 3 is 2.18 bits per heavy atom. The zero-order valence-corrected chi connectivity index (χ0v) is 22.9. The molecule has 0 spiro atoms. The third-order valence-corrected chi connectivity index (χ3v) is 6.83. The second-order valence-corrected chi connectivity index (χ2v) is 11.1. The number of sulfonamides is 1. The lowest BCUT2D eigenvalue weighted by molar-refractivity contribution is 0.297. The first-order valence-electron chi connectivity index (χ1n) is 12.8. The van der Waals surface area contributed by atoms with Gasteiger partial charge in [-0.2, -0.15) is 0 Å². The molecule has 0 fully saturated rings. The van der Waals surface area contributed by atoms with Crippen LogP contribution in [0.4, 0.5) is 0 Å². The summed E-state index contributed by atoms with van der Waals surface area (Å²) in [6.45, 7) is 4.60. The molecule has 0 amide bonds. The van der Waals surface area contributed by atoms with Gasteiger partial charge in [0.25, 0.3) is 0 Å². The summed E-state index contributed by atoms with van der Waals surface area (Å²) in [5.74, 6) is 2.19. The number of nitrogens with zero attached hydrogens (tertiary/aromatic N) is 1. The van der Waals surface area contributed by atoms with Crippen molar-refractivity contribution in [1.82, 2.24) is 9.71 Å². The van der Waals surface area contributed by atoms with Crippen LogP contribution in [-0.4, -0.2) is 19.7 Å². The van der Waals surface area contributed by atoms with Crippen LogP contribution >= 0.6 is 0 Å². The van der Waals surface area contributed by atoms with Gasteiger partial charge in [0.2, 0.25) is 10.0 Å². The molecule has 0 atom stereocenters. The molecule has 7 heteroatoms. The molecule has 1 N–H and O–H groups in total. The summed E-state index contributed by atoms with van der Waals surface area (Å²) in [4.78, 5) is 5.05. The smallest absolute Gasteiger partial charge is 0.209 e. The molecule has 4 aromatic rings. The Hall–Kier alpha value is -3.68. The van der Waals surface area contributed by atoms with Gasteiger partial charge < -0.3 is 9.47 Å². The van der Waals surface area contributed by atoms with E-state index in [4.69, 9.17) is 14.5 Å². The molecule has 38 heavy (non-hydrogen) atoms. The Kier molecular flexibility index (Phi) is 9.15. The molecule has 0 bridgehead atoms. The van der Waals surface area contributed by atoms with Crippen LogP contribution in [0.5, 0.6) is 17.2 Å². The maximum absolute atomic E-state index is 12.0. The predicted octanol–water partition coefficient (Wildman–Crippen LogP) is 6.35. The predicted molar refractivity (Wildman–Crippen MR) is 151 cm³/mol. The van der Waals surface area contributed by atoms with Gasteiger partial charge in [-0.25, -0.2) is 13.1 Å². The number of hydrogen-bond acceptors (Lipinski definition) is 5. The first kappa shape index (κ1) is 27.4. The molecule has 4 rings (SSSR count). The Labute approximate surface area is 225 Å². The summed E-state index contributed by atoms with van der Waals surface area (Å²) in [5.41, 5.74) is 5.55. The second kappa shape index (κ2) is 12.7. The van der Waals surface area contributed by atoms with Crippen LogP contribution < -0.4 is 14.2 Å². The van der Waals surface area contributed by atoms with E-state index in [1.807, 2.05) is 91.9 Å². The number of nitrogens with one attached hydrogen (secondary N) is 1. The minimum atomic E-state index is -3.40. The molecule has 0 saturated heterocycles. The van der Waals surface area contributed by atoms with Crippen LogP contribution in [0.3, 0.4) is 0 Å². The summed E-state index contributed by atoms with van der Waals surface area (Å²) in [5, 5.41) is 0. The fraction of sp³-hybridized carbons (Fsp3) is 0.258. The average Bonchev–Trinajstić information content (AvgIpc) is 2.90. The van der Waals surface area contributed by atoms with Crippen LogP contribution in [0, 0.1) is 6.92 Å². The van der Waals surface area contributed by atoms with E-state index in [2.05, 4.69) is 11.6 Å². The third-order valence-electron chi connectivity index (χ3n) is 6.16. The number of aryl methyl sites for hydroxylation is 1. The van der Waals surface area contributed by atoms with Gasteiger partial charge in [0.05, 0.1) is 11.9 Å². The molecule has 0 aliphatic carbocycles. The molecule has 0 aliphatic heterocycles. The van der Waals surface area contributed by atoms with Gasteiger partial charge in [0, 0.05) is 24.2 Å². The number of ether oxygens (including phenoxy) is 2. The third kappa shape index (κ3) is 7.66. The summed E-state index contributed by atoms with van der Waals surface area (Å²) >= 11 is 0. The SMILES string of the molecule is CCCc1nc(Cc2cccc(Oc3ccccc3)c2)c(C)c(CNS(C)(=O)=O)c1OCc1ccccc1. The highest BCUT2D eigenvalue weighted by atomic mass is 32.2. The lowest BCUT2D eigenvalue weighted by atomic mass is 9.98. The molecular formula is C31H34N2O4S. The molecule has 1 aromatic heterocycles. The van der Waals surface area contributed by atoms with E-state index in [9.17, 15) is 8.42 Å². The zero-order valence-electron chi connectivity index (χ0n) is 22.1. The highest BCUT2D eigenvalue weighted by Crippen LogP contribution is 2.32. The summed E-state index contributed by atoms with van der Waals surface area (Å²) < 4.78 is 39.0. The van der Waals surface area contributed by atoms with Gasteiger partial charge in [-0.3, -0.25) is 4.98 Å². The highest BCUT2D eigenvalue weighted by molar-refractivity contribution is 7.88. The standard InChI is InChI=1S/C31H34N2O4S/c1-4-12-29-31(36-22-24-13-7-5-8-14-24)28(21-32-38(3,34)35)23(2)30(33-29)20-25-15-11-18-27(19-25)37-26-16-9-6-10-17-26/h5-11,13-19,32H,4,12,20-22H2,1-3H3. The number of para-hydroxylation sites is 1. The van der Waals surface area contributed by atoms with E-state index in [1.165, 1.54) is 6.26 Å². The zero-order chi connectivity index (χ0) is 27.0. The Bertz CT molecular complexity index is 1460. The van der Waals surface area contributed by atoms with Crippen LogP contribution in [0.25, 0.3) is 0 Å². The minimum Gasteiger partial charge on any atom is -0.487 e. The summed E-state index contributed by atoms with van der Waals surface area (Å²) in [6.07, 6.45) is 3.36. The summed E-state index contributed by atoms with van der Waals surface area (Å²) in [6, 6.07) is 27.6. The van der Waals surface area contributed by atoms with Crippen molar-refractivity contribution in [3.8, 4) is 17.2 Å². The molecule has 198 valence electrons. The van der Waals surface area contributed by atoms with E-state index < -0.39 is 10.0 Å². The summed E-state index contributed by atoms with van der Waals surface area (Å²) in [7, 11) is -3.40. The van der Waals surface area contributed by atoms with Crippen LogP contribution in [0.1, 0.15) is 47.0 Å². The van der Waals surface area contributed by atoms with Crippen LogP contribution in [0.2, 0.25) is 0 Å². The van der Waals surface area contributed by atoms with Crippen LogP contribution in [0.15, 0.2) is 84.9 Å². The van der Waals surface area contributed by atoms with Gasteiger partial charge in [0.1, 0.15) is 23.9 Å². The van der Waals surface area contributed by atoms with Gasteiger partial charge in [0.15, 0.2) is 0 Å². The molecule has 1 heterocycles. The molecule has 0 aliphatic rings. The number of hydrogen-bond donors (Lipinski definition) is 1. The van der Waals surface area contributed by atoms with Crippen molar-refractivity contribution < 1.29 is 17.9 Å². The molecule has 0 saturated carbocycles. The fourth-order valence-electron chi connectivity index (χ4n) is 4.25. The Balaban J connectivity index is 1.68. The minimum absolute atomic E-state index is 0.137. The van der Waals surface area contributed by atoms with Gasteiger partial charge >= 0.3 is 0 Å². The van der Waals surface area contributed by atoms with Crippen molar-refractivity contribution in [3.63, 3.8) is 0 Å². The first-order chi connectivity index (χ1) is 18.3. The lowest BCUT2D eigenvalue weighted by Gasteiger charge is -2.21. The van der Waals surface area contributed by atoms with Gasteiger partial charge in [-0.05, 0) is 54.3 Å². The van der Waals surface area contributed by atoms with E-state index in [1.54, 1.807) is 0 Å². The van der Waals surface area contributed by atoms with Crippen molar-refractivity contribution in [3.05, 3.63) is 119 Å². The van der Waals surface area contributed by atoms with E-state index >= 15 is 0 Å². The maximum Gasteiger partial charge on any atom is 0.209 e. The van der Waals surface area contributed by atoms with Gasteiger partial charge in [-0.1, -0.05) is 74.0 Å². The average molecular weight is 531 g/mol. The van der Waals surface area contributed by atoms with E-state index in [-0.39, 0.29) is 6.54 Å². The quantitative estimate of drug-likeness (QED) is 0.231. The monoisotopic (exact) mass is 530 g/mol. The fourth-order valence-corrected chi connectivity index (χ4v) is 4.65. The number of aromatic nitrogens is 1. The largest absolute Gasteiger partial charge is 0.487 e. The maximum atomic E-state index is 12.0. The number of pyridine rings is 1. The topological polar surface area (TPSA) is 77.5 Å². The molecular weight excluding hydrogens is 496 g/mol. The second-order valence-electron chi connectivity index (χ2n) is 9.29. The molecule has 0 radical (unpaired) electrons. The molecule has 0 unspecified atom stereocenters. The Morgan fingerprint density at radius 2 is 1.50 bits per heavy atom. The number of rotatable bonds is 12. The lowest BCUT2D eigenvalue weighted by Crippen LogP contribution is -2.23. The van der Waals surface area contributed by atoms with E-state index in [0.29, 0.717) is 18.8 Å². The van der Waals surface area contributed by atoms with Crippen molar-refractivity contribution in [2.75, 3.05) is 6.26 Å². The first-order valence-corrected chi connectivity index (χ1v) is 14.7. The van der Waals surface area contributed by atoms with Crippen molar-refractivity contribution in [1.29, 1.82) is 0 Å². The molecule has 6 nitrogen and oxygen atoms in total.